The molecule has 8 nitrogen and oxygen atoms in total. The maximum Gasteiger partial charge on any atom is 0.319 e. The van der Waals surface area contributed by atoms with Gasteiger partial charge in [-0.25, -0.2) is 4.79 Å². The third kappa shape index (κ3) is 3.51. The lowest BCUT2D eigenvalue weighted by Crippen LogP contribution is -2.31. The second-order valence-electron chi connectivity index (χ2n) is 4.39. The maximum absolute atomic E-state index is 11.8. The van der Waals surface area contributed by atoms with E-state index >= 15 is 0 Å². The van der Waals surface area contributed by atoms with Crippen molar-refractivity contribution in [1.82, 2.24) is 25.9 Å². The highest BCUT2D eigenvalue weighted by atomic mass is 16.3. The number of carbonyl (C=O) groups is 1. The summed E-state index contributed by atoms with van der Waals surface area (Å²) in [6.07, 6.45) is -0.531. The van der Waals surface area contributed by atoms with E-state index in [1.807, 2.05) is 0 Å². The van der Waals surface area contributed by atoms with Crippen LogP contribution in [0.5, 0.6) is 0 Å². The van der Waals surface area contributed by atoms with Gasteiger partial charge in [-0.1, -0.05) is 17.3 Å². The van der Waals surface area contributed by atoms with E-state index in [1.54, 1.807) is 38.1 Å². The Morgan fingerprint density at radius 1 is 1.30 bits per heavy atom. The number of rotatable bonds is 4. The molecule has 1 aromatic carbocycles. The predicted molar refractivity (Wildman–Crippen MR) is 71.8 cm³/mol. The van der Waals surface area contributed by atoms with Gasteiger partial charge >= 0.3 is 6.03 Å². The molecule has 2 unspecified atom stereocenters. The lowest BCUT2D eigenvalue weighted by Gasteiger charge is -2.12. The molecule has 0 aliphatic carbocycles. The van der Waals surface area contributed by atoms with Gasteiger partial charge in [-0.15, -0.1) is 10.2 Å². The summed E-state index contributed by atoms with van der Waals surface area (Å²) in [6, 6.07) is 6.23. The second kappa shape index (κ2) is 6.11. The first-order chi connectivity index (χ1) is 9.56. The van der Waals surface area contributed by atoms with E-state index in [0.717, 1.165) is 5.56 Å². The molecular formula is C12H16N6O2. The number of aromatic amines is 1. The van der Waals surface area contributed by atoms with E-state index in [1.165, 1.54) is 0 Å². The summed E-state index contributed by atoms with van der Waals surface area (Å²) < 4.78 is 0. The molecule has 1 aromatic heterocycles. The Morgan fingerprint density at radius 3 is 2.55 bits per heavy atom. The second-order valence-corrected chi connectivity index (χ2v) is 4.39. The molecule has 0 aliphatic heterocycles. The highest BCUT2D eigenvalue weighted by Crippen LogP contribution is 2.15. The predicted octanol–water partition coefficient (Wildman–Crippen LogP) is 1.14. The standard InChI is InChI=1S/C12H16N6O2/c1-7(11-15-17-18-16-11)13-12(20)14-10-5-3-9(4-6-10)8(2)19/h3-8,19H,1-2H3,(H2,13,14,20)(H,15,16,17,18). The van der Waals surface area contributed by atoms with Crippen molar-refractivity contribution in [2.24, 2.45) is 0 Å². The molecule has 106 valence electrons. The smallest absolute Gasteiger partial charge is 0.319 e. The molecule has 8 heteroatoms. The molecule has 0 aliphatic rings. The van der Waals surface area contributed by atoms with E-state index in [4.69, 9.17) is 0 Å². The molecule has 0 saturated carbocycles. The van der Waals surface area contributed by atoms with Crippen molar-refractivity contribution >= 4 is 11.7 Å². The minimum Gasteiger partial charge on any atom is -0.389 e. The van der Waals surface area contributed by atoms with Crippen LogP contribution in [0.15, 0.2) is 24.3 Å². The zero-order valence-electron chi connectivity index (χ0n) is 11.2. The first-order valence-electron chi connectivity index (χ1n) is 6.15. The monoisotopic (exact) mass is 276 g/mol. The number of hydrogen-bond donors (Lipinski definition) is 4. The fraction of sp³-hybridized carbons (Fsp3) is 0.333. The van der Waals surface area contributed by atoms with Gasteiger partial charge < -0.3 is 15.7 Å². The molecule has 2 atom stereocenters. The van der Waals surface area contributed by atoms with Crippen LogP contribution >= 0.6 is 0 Å². The van der Waals surface area contributed by atoms with Crippen LogP contribution in [0.4, 0.5) is 10.5 Å². The number of urea groups is 1. The number of carbonyl (C=O) groups excluding carboxylic acids is 1. The molecule has 1 heterocycles. The molecule has 20 heavy (non-hydrogen) atoms. The number of aliphatic hydroxyl groups excluding tert-OH is 1. The molecule has 0 bridgehead atoms. The summed E-state index contributed by atoms with van der Waals surface area (Å²) in [4.78, 5) is 11.8. The van der Waals surface area contributed by atoms with Crippen LogP contribution in [0.1, 0.15) is 37.4 Å². The fourth-order valence-electron chi connectivity index (χ4n) is 1.63. The Kier molecular flexibility index (Phi) is 4.26. The van der Waals surface area contributed by atoms with E-state index in [2.05, 4.69) is 31.3 Å². The lowest BCUT2D eigenvalue weighted by molar-refractivity contribution is 0.199. The SMILES string of the molecule is CC(O)c1ccc(NC(=O)NC(C)c2nn[nH]n2)cc1. The normalized spacial score (nSPS) is 13.6. The number of benzene rings is 1. The van der Waals surface area contributed by atoms with Gasteiger partial charge in [0.1, 0.15) is 0 Å². The topological polar surface area (TPSA) is 116 Å². The van der Waals surface area contributed by atoms with Crippen molar-refractivity contribution < 1.29 is 9.90 Å². The minimum atomic E-state index is -0.531. The summed E-state index contributed by atoms with van der Waals surface area (Å²) in [5.41, 5.74) is 1.42. The van der Waals surface area contributed by atoms with Crippen molar-refractivity contribution in [2.75, 3.05) is 5.32 Å². The van der Waals surface area contributed by atoms with Crippen molar-refractivity contribution in [3.05, 3.63) is 35.7 Å². The van der Waals surface area contributed by atoms with Crippen molar-refractivity contribution in [1.29, 1.82) is 0 Å². The Labute approximate surface area is 115 Å². The highest BCUT2D eigenvalue weighted by Gasteiger charge is 2.13. The zero-order chi connectivity index (χ0) is 14.5. The summed E-state index contributed by atoms with van der Waals surface area (Å²) in [6.45, 7) is 3.43. The number of H-pyrrole nitrogens is 1. The average molecular weight is 276 g/mol. The fourth-order valence-corrected chi connectivity index (χ4v) is 1.63. The van der Waals surface area contributed by atoms with Crippen LogP contribution in [0.2, 0.25) is 0 Å². The van der Waals surface area contributed by atoms with Gasteiger partial charge in [-0.3, -0.25) is 0 Å². The molecule has 2 amide bonds. The van der Waals surface area contributed by atoms with Gasteiger partial charge in [0.25, 0.3) is 0 Å². The summed E-state index contributed by atoms with van der Waals surface area (Å²) in [5.74, 6) is 0.407. The Hall–Kier alpha value is -2.48. The zero-order valence-corrected chi connectivity index (χ0v) is 11.2. The van der Waals surface area contributed by atoms with Crippen molar-refractivity contribution in [3.8, 4) is 0 Å². The Morgan fingerprint density at radius 2 is 2.00 bits per heavy atom. The molecule has 0 fully saturated rings. The third-order valence-corrected chi connectivity index (χ3v) is 2.75. The number of tetrazole rings is 1. The van der Waals surface area contributed by atoms with Gasteiger partial charge in [0.2, 0.25) is 0 Å². The average Bonchev–Trinajstić information content (AvgIpc) is 2.93. The maximum atomic E-state index is 11.8. The van der Waals surface area contributed by atoms with Crippen LogP contribution in [0.25, 0.3) is 0 Å². The van der Waals surface area contributed by atoms with E-state index in [-0.39, 0.29) is 12.1 Å². The van der Waals surface area contributed by atoms with Crippen LogP contribution in [0, 0.1) is 0 Å². The summed E-state index contributed by atoms with van der Waals surface area (Å²) >= 11 is 0. The molecule has 0 saturated heterocycles. The van der Waals surface area contributed by atoms with Gasteiger partial charge in [-0.05, 0) is 31.5 Å². The first kappa shape index (κ1) is 13.9. The number of nitrogens with zero attached hydrogens (tertiary/aromatic N) is 3. The molecule has 2 aromatic rings. The van der Waals surface area contributed by atoms with E-state index < -0.39 is 6.10 Å². The van der Waals surface area contributed by atoms with Crippen molar-refractivity contribution in [3.63, 3.8) is 0 Å². The number of amides is 2. The first-order valence-corrected chi connectivity index (χ1v) is 6.15. The van der Waals surface area contributed by atoms with E-state index in [0.29, 0.717) is 11.5 Å². The number of aliphatic hydroxyl groups is 1. The Balaban J connectivity index is 1.91. The van der Waals surface area contributed by atoms with Crippen molar-refractivity contribution in [2.45, 2.75) is 26.0 Å². The quantitative estimate of drug-likeness (QED) is 0.668. The molecule has 4 N–H and O–H groups in total. The summed E-state index contributed by atoms with van der Waals surface area (Å²) in [5, 5.41) is 28.1. The van der Waals surface area contributed by atoms with Crippen LogP contribution in [-0.2, 0) is 0 Å². The van der Waals surface area contributed by atoms with Crippen LogP contribution in [0.3, 0.4) is 0 Å². The third-order valence-electron chi connectivity index (χ3n) is 2.75. The van der Waals surface area contributed by atoms with Crippen LogP contribution < -0.4 is 10.6 Å². The summed E-state index contributed by atoms with van der Waals surface area (Å²) in [7, 11) is 0. The van der Waals surface area contributed by atoms with Gasteiger partial charge in [0.05, 0.1) is 12.1 Å². The molecular weight excluding hydrogens is 260 g/mol. The van der Waals surface area contributed by atoms with Gasteiger partial charge in [-0.2, -0.15) is 5.21 Å². The minimum absolute atomic E-state index is 0.356. The number of aromatic nitrogens is 4. The van der Waals surface area contributed by atoms with Gasteiger partial charge in [0.15, 0.2) is 5.82 Å². The highest BCUT2D eigenvalue weighted by molar-refractivity contribution is 5.89. The molecule has 2 rings (SSSR count). The van der Waals surface area contributed by atoms with Gasteiger partial charge in [0, 0.05) is 5.69 Å². The number of hydrogen-bond acceptors (Lipinski definition) is 5. The number of nitrogens with one attached hydrogen (secondary N) is 3. The largest absolute Gasteiger partial charge is 0.389 e. The molecule has 0 radical (unpaired) electrons. The van der Waals surface area contributed by atoms with Crippen LogP contribution in [-0.4, -0.2) is 31.8 Å². The molecule has 0 spiro atoms. The Bertz CT molecular complexity index is 552. The van der Waals surface area contributed by atoms with E-state index in [9.17, 15) is 9.90 Å². The lowest BCUT2D eigenvalue weighted by atomic mass is 10.1. The number of anilines is 1.